The first-order valence-corrected chi connectivity index (χ1v) is 23.5. The molecule has 16 heteroatoms. The van der Waals surface area contributed by atoms with Crippen LogP contribution < -0.4 is 0 Å². The van der Waals surface area contributed by atoms with Gasteiger partial charge in [0.25, 0.3) is 0 Å². The average molecular weight is 946 g/mol. The number of carbonyl (C=O) groups is 1. The maximum Gasteiger partial charge on any atom is 0.410 e. The van der Waals surface area contributed by atoms with E-state index in [9.17, 15) is 4.79 Å². The Labute approximate surface area is 399 Å². The van der Waals surface area contributed by atoms with Crippen molar-refractivity contribution in [2.24, 2.45) is 0 Å². The summed E-state index contributed by atoms with van der Waals surface area (Å²) in [7, 11) is 1.68. The summed E-state index contributed by atoms with van der Waals surface area (Å²) < 4.78 is 78.9. The van der Waals surface area contributed by atoms with Crippen molar-refractivity contribution in [3.63, 3.8) is 0 Å². The second kappa shape index (κ2) is 38.3. The van der Waals surface area contributed by atoms with Gasteiger partial charge in [0.2, 0.25) is 0 Å². The van der Waals surface area contributed by atoms with Gasteiger partial charge in [-0.2, -0.15) is 0 Å². The molecule has 0 unspecified atom stereocenters. The van der Waals surface area contributed by atoms with Crippen molar-refractivity contribution >= 4 is 6.09 Å². The highest BCUT2D eigenvalue weighted by Gasteiger charge is 2.37. The van der Waals surface area contributed by atoms with Crippen LogP contribution in [0.25, 0.3) is 0 Å². The van der Waals surface area contributed by atoms with Crippen LogP contribution in [0.1, 0.15) is 37.5 Å². The Balaban J connectivity index is 0.982. The van der Waals surface area contributed by atoms with Crippen LogP contribution in [0.15, 0.2) is 91.0 Å². The first kappa shape index (κ1) is 57.7. The third kappa shape index (κ3) is 27.9. The fourth-order valence-electron chi connectivity index (χ4n) is 6.18. The van der Waals surface area contributed by atoms with Crippen molar-refractivity contribution in [1.82, 2.24) is 4.90 Å². The number of hydrogen-bond donors (Lipinski definition) is 0. The van der Waals surface area contributed by atoms with Crippen molar-refractivity contribution < 1.29 is 71.1 Å². The molecule has 3 aromatic rings. The topological polar surface area (TPSA) is 150 Å². The highest BCUT2D eigenvalue weighted by Crippen LogP contribution is 2.40. The number of benzene rings is 3. The molecule has 0 N–H and O–H groups in total. The third-order valence-corrected chi connectivity index (χ3v) is 9.46. The minimum Gasteiger partial charge on any atom is -0.444 e. The van der Waals surface area contributed by atoms with Gasteiger partial charge >= 0.3 is 6.09 Å². The highest BCUT2D eigenvalue weighted by molar-refractivity contribution is 5.67. The summed E-state index contributed by atoms with van der Waals surface area (Å²) in [5.41, 5.74) is 1.91. The third-order valence-electron chi connectivity index (χ3n) is 9.46. The van der Waals surface area contributed by atoms with Crippen molar-refractivity contribution in [3.05, 3.63) is 108 Å². The molecule has 0 aliphatic heterocycles. The molecule has 67 heavy (non-hydrogen) atoms. The number of carbonyl (C=O) groups excluding carboxylic acids is 1. The number of nitrogens with zero attached hydrogens (tertiary/aromatic N) is 1. The Morgan fingerprint density at radius 1 is 0.358 bits per heavy atom. The van der Waals surface area contributed by atoms with E-state index < -0.39 is 11.2 Å². The predicted molar refractivity (Wildman–Crippen MR) is 254 cm³/mol. The smallest absolute Gasteiger partial charge is 0.410 e. The zero-order valence-corrected chi connectivity index (χ0v) is 40.6. The van der Waals surface area contributed by atoms with Crippen molar-refractivity contribution in [1.29, 1.82) is 0 Å². The van der Waals surface area contributed by atoms with Crippen LogP contribution in [0, 0.1) is 0 Å². The van der Waals surface area contributed by atoms with Gasteiger partial charge in [-0.3, -0.25) is 0 Å². The SMILES string of the molecule is CN(CCOCCOCCOCCOCCOCCOCCOCCOCCOCCOCCOCCOCCOC(c1ccccc1)(c1ccccc1)c1ccccc1)C(=O)OC(C)(C)C. The Morgan fingerprint density at radius 3 is 0.821 bits per heavy atom. The zero-order chi connectivity index (χ0) is 47.8. The Hall–Kier alpha value is -3.59. The van der Waals surface area contributed by atoms with Crippen molar-refractivity contribution in [2.45, 2.75) is 32.0 Å². The minimum absolute atomic E-state index is 0.367. The van der Waals surface area contributed by atoms with Gasteiger partial charge in [0.05, 0.1) is 165 Å². The molecular formula is C51H79NO15. The van der Waals surface area contributed by atoms with Gasteiger partial charge in [-0.05, 0) is 37.5 Å². The molecule has 16 nitrogen and oxygen atoms in total. The number of likely N-dealkylation sites (N-methyl/N-ethyl adjacent to an activating group) is 1. The number of rotatable bonds is 43. The summed E-state index contributed by atoms with van der Waals surface area (Å²) >= 11 is 0. The predicted octanol–water partition coefficient (Wildman–Crippen LogP) is 6.06. The highest BCUT2D eigenvalue weighted by atomic mass is 16.6. The molecule has 0 aliphatic rings. The molecule has 0 atom stereocenters. The number of ether oxygens (including phenoxy) is 14. The molecule has 3 aromatic carbocycles. The molecule has 0 heterocycles. The molecule has 0 aromatic heterocycles. The summed E-state index contributed by atoms with van der Waals surface area (Å²) in [5, 5.41) is 0. The van der Waals surface area contributed by atoms with E-state index in [4.69, 9.17) is 66.3 Å². The van der Waals surface area contributed by atoms with Crippen LogP contribution in [0.3, 0.4) is 0 Å². The van der Waals surface area contributed by atoms with E-state index in [1.54, 1.807) is 7.05 Å². The van der Waals surface area contributed by atoms with Gasteiger partial charge < -0.3 is 71.2 Å². The summed E-state index contributed by atoms with van der Waals surface area (Å²) in [6.45, 7) is 17.7. The Morgan fingerprint density at radius 2 is 0.582 bits per heavy atom. The monoisotopic (exact) mass is 946 g/mol. The van der Waals surface area contributed by atoms with Gasteiger partial charge in [-0.15, -0.1) is 0 Å². The first-order chi connectivity index (χ1) is 32.8. The van der Waals surface area contributed by atoms with E-state index in [1.807, 2.05) is 75.4 Å². The molecule has 0 radical (unpaired) electrons. The number of hydrogen-bond acceptors (Lipinski definition) is 15. The first-order valence-electron chi connectivity index (χ1n) is 23.5. The van der Waals surface area contributed by atoms with Crippen LogP contribution in [-0.2, 0) is 71.9 Å². The quantitative estimate of drug-likeness (QED) is 0.0478. The lowest BCUT2D eigenvalue weighted by molar-refractivity contribution is -0.0399. The Kier molecular flexibility index (Phi) is 33.0. The van der Waals surface area contributed by atoms with Crippen LogP contribution in [0.5, 0.6) is 0 Å². The van der Waals surface area contributed by atoms with Crippen molar-refractivity contribution in [2.75, 3.05) is 179 Å². The Bertz CT molecular complexity index is 1470. The zero-order valence-electron chi connectivity index (χ0n) is 40.6. The van der Waals surface area contributed by atoms with Gasteiger partial charge in [-0.1, -0.05) is 91.0 Å². The normalized spacial score (nSPS) is 11.9. The molecule has 0 saturated carbocycles. The summed E-state index contributed by atoms with van der Waals surface area (Å²) in [6, 6.07) is 31.0. The summed E-state index contributed by atoms with van der Waals surface area (Å²) in [5.74, 6) is 0. The molecular weight excluding hydrogens is 867 g/mol. The van der Waals surface area contributed by atoms with Crippen LogP contribution >= 0.6 is 0 Å². The molecule has 378 valence electrons. The fraction of sp³-hybridized carbons (Fsp3) is 0.627. The second-order valence-corrected chi connectivity index (χ2v) is 15.9. The standard InChI is InChI=1S/C51H79NO15/c1-50(2,3)67-49(53)52(4)20-21-54-22-23-55-24-25-56-26-27-57-28-29-58-30-31-59-32-33-60-34-35-61-36-37-62-38-39-63-40-41-64-42-43-65-44-45-66-51(46-14-8-5-9-15-46,47-16-10-6-11-17-47)48-18-12-7-13-19-48/h5-19H,20-45H2,1-4H3. The summed E-state index contributed by atoms with van der Waals surface area (Å²) in [6.07, 6.45) is -0.367. The number of amides is 1. The molecule has 0 aliphatic carbocycles. The van der Waals surface area contributed by atoms with E-state index in [0.29, 0.717) is 172 Å². The van der Waals surface area contributed by atoms with Gasteiger partial charge in [0.1, 0.15) is 11.2 Å². The minimum atomic E-state index is -0.759. The van der Waals surface area contributed by atoms with Crippen LogP contribution in [-0.4, -0.2) is 195 Å². The van der Waals surface area contributed by atoms with Gasteiger partial charge in [-0.25, -0.2) is 4.79 Å². The maximum atomic E-state index is 11.9. The van der Waals surface area contributed by atoms with E-state index in [0.717, 1.165) is 16.7 Å². The lowest BCUT2D eigenvalue weighted by Gasteiger charge is -2.36. The van der Waals surface area contributed by atoms with Gasteiger partial charge in [0.15, 0.2) is 0 Å². The van der Waals surface area contributed by atoms with E-state index >= 15 is 0 Å². The van der Waals surface area contributed by atoms with Crippen molar-refractivity contribution in [3.8, 4) is 0 Å². The van der Waals surface area contributed by atoms with E-state index in [1.165, 1.54) is 4.90 Å². The molecule has 1 amide bonds. The lowest BCUT2D eigenvalue weighted by atomic mass is 9.80. The molecule has 0 bridgehead atoms. The summed E-state index contributed by atoms with van der Waals surface area (Å²) in [4.78, 5) is 13.4. The second-order valence-electron chi connectivity index (χ2n) is 15.9. The van der Waals surface area contributed by atoms with E-state index in [2.05, 4.69) is 36.4 Å². The lowest BCUT2D eigenvalue weighted by Crippen LogP contribution is -2.36. The molecule has 3 rings (SSSR count). The molecule has 0 fully saturated rings. The van der Waals surface area contributed by atoms with E-state index in [-0.39, 0.29) is 6.09 Å². The molecule has 0 spiro atoms. The van der Waals surface area contributed by atoms with Crippen LogP contribution in [0.4, 0.5) is 4.79 Å². The maximum absolute atomic E-state index is 11.9. The largest absolute Gasteiger partial charge is 0.444 e. The van der Waals surface area contributed by atoms with Crippen LogP contribution in [0.2, 0.25) is 0 Å². The fourth-order valence-corrected chi connectivity index (χ4v) is 6.18. The van der Waals surface area contributed by atoms with Gasteiger partial charge in [0, 0.05) is 13.6 Å². The average Bonchev–Trinajstić information content (AvgIpc) is 3.33. The molecule has 0 saturated heterocycles.